The number of carboxylic acid groups (broad SMARTS) is 1. The second kappa shape index (κ2) is 6.12. The number of rotatable bonds is 5. The van der Waals surface area contributed by atoms with Gasteiger partial charge in [0.25, 0.3) is 0 Å². The molecule has 3 rings (SSSR count). The van der Waals surface area contributed by atoms with Gasteiger partial charge in [0, 0.05) is 25.5 Å². The van der Waals surface area contributed by atoms with Crippen molar-refractivity contribution >= 4 is 12.1 Å². The highest BCUT2D eigenvalue weighted by Crippen LogP contribution is 2.33. The minimum atomic E-state index is -0.906. The summed E-state index contributed by atoms with van der Waals surface area (Å²) in [5.41, 5.74) is 0.265. The van der Waals surface area contributed by atoms with Crippen molar-refractivity contribution in [1.82, 2.24) is 14.5 Å². The van der Waals surface area contributed by atoms with Crippen LogP contribution in [0.1, 0.15) is 12.0 Å². The average Bonchev–Trinajstić information content (AvgIpc) is 3.03. The molecule has 0 radical (unpaired) electrons. The molecule has 0 atom stereocenters. The fraction of sp³-hybridized carbons (Fsp3) is 0.312. The lowest BCUT2D eigenvalue weighted by atomic mass is 9.86. The Hall–Kier alpha value is -2.83. The predicted octanol–water partition coefficient (Wildman–Crippen LogP) is 1.71. The largest absolute Gasteiger partial charge is 0.481 e. The number of nitrogens with zero attached hydrogens (tertiary/aromatic N) is 3. The number of hydrogen-bond donors (Lipinski definition) is 1. The summed E-state index contributed by atoms with van der Waals surface area (Å²) in [5.74, 6) is -0.906. The minimum Gasteiger partial charge on any atom is -0.481 e. The lowest BCUT2D eigenvalue weighted by Crippen LogP contribution is -2.64. The topological polar surface area (TPSA) is 84.7 Å². The van der Waals surface area contributed by atoms with Crippen molar-refractivity contribution in [1.29, 1.82) is 0 Å². The molecule has 7 heteroatoms. The highest BCUT2D eigenvalue weighted by atomic mass is 16.6. The molecule has 0 bridgehead atoms. The molecule has 1 fully saturated rings. The number of aliphatic carboxylic acids is 1. The first-order chi connectivity index (χ1) is 11.1. The van der Waals surface area contributed by atoms with Gasteiger partial charge in [0.05, 0.1) is 18.3 Å². The summed E-state index contributed by atoms with van der Waals surface area (Å²) in [6.45, 7) is 0.791. The fourth-order valence-corrected chi connectivity index (χ4v) is 2.79. The fourth-order valence-electron chi connectivity index (χ4n) is 2.79. The van der Waals surface area contributed by atoms with Crippen LogP contribution in [0.4, 0.5) is 4.79 Å². The van der Waals surface area contributed by atoms with Crippen molar-refractivity contribution in [2.24, 2.45) is 0 Å². The number of aromatic nitrogens is 2. The molecule has 2 heterocycles. The second-order valence-corrected chi connectivity index (χ2v) is 5.66. The zero-order valence-electron chi connectivity index (χ0n) is 12.5. The van der Waals surface area contributed by atoms with E-state index in [2.05, 4.69) is 4.98 Å². The average molecular weight is 315 g/mol. The molecule has 1 aliphatic rings. The molecule has 2 aromatic rings. The number of amides is 1. The molecule has 0 unspecified atom stereocenters. The van der Waals surface area contributed by atoms with Crippen LogP contribution in [0.3, 0.4) is 0 Å². The van der Waals surface area contributed by atoms with E-state index in [9.17, 15) is 9.59 Å². The molecular formula is C16H17N3O4. The van der Waals surface area contributed by atoms with Crippen molar-refractivity contribution in [3.8, 4) is 0 Å². The molecule has 120 valence electrons. The summed E-state index contributed by atoms with van der Waals surface area (Å²) < 4.78 is 7.01. The molecule has 0 spiro atoms. The van der Waals surface area contributed by atoms with Gasteiger partial charge in [-0.2, -0.15) is 0 Å². The Kier molecular flexibility index (Phi) is 4.01. The Labute approximate surface area is 133 Å². The Bertz CT molecular complexity index is 679. The van der Waals surface area contributed by atoms with Gasteiger partial charge in [-0.3, -0.25) is 4.79 Å². The van der Waals surface area contributed by atoms with E-state index in [1.807, 2.05) is 30.3 Å². The summed E-state index contributed by atoms with van der Waals surface area (Å²) in [6.07, 6.45) is 4.40. The number of benzene rings is 1. The molecule has 0 aliphatic carbocycles. The number of carboxylic acids is 1. The molecule has 0 saturated carbocycles. The first kappa shape index (κ1) is 15.1. The lowest BCUT2D eigenvalue weighted by molar-refractivity contribution is -0.142. The Morgan fingerprint density at radius 1 is 1.26 bits per heavy atom. The van der Waals surface area contributed by atoms with E-state index in [0.29, 0.717) is 13.1 Å². The van der Waals surface area contributed by atoms with E-state index in [0.717, 1.165) is 5.56 Å². The first-order valence-corrected chi connectivity index (χ1v) is 7.25. The van der Waals surface area contributed by atoms with Gasteiger partial charge in [-0.05, 0) is 5.56 Å². The van der Waals surface area contributed by atoms with E-state index in [1.54, 1.807) is 23.3 Å². The third kappa shape index (κ3) is 3.18. The van der Waals surface area contributed by atoms with Crippen LogP contribution in [-0.2, 0) is 21.7 Å². The van der Waals surface area contributed by atoms with Crippen LogP contribution in [0.25, 0.3) is 0 Å². The van der Waals surface area contributed by atoms with Gasteiger partial charge in [0.1, 0.15) is 6.61 Å². The summed E-state index contributed by atoms with van der Waals surface area (Å²) in [4.78, 5) is 28.7. The molecule has 1 aliphatic heterocycles. The van der Waals surface area contributed by atoms with Gasteiger partial charge in [0.15, 0.2) is 0 Å². The van der Waals surface area contributed by atoms with E-state index >= 15 is 0 Å². The third-order valence-electron chi connectivity index (χ3n) is 3.97. The number of hydrogen-bond acceptors (Lipinski definition) is 4. The monoisotopic (exact) mass is 315 g/mol. The van der Waals surface area contributed by atoms with Crippen LogP contribution in [0.2, 0.25) is 0 Å². The lowest BCUT2D eigenvalue weighted by Gasteiger charge is -2.49. The van der Waals surface area contributed by atoms with Gasteiger partial charge in [-0.25, -0.2) is 9.78 Å². The molecule has 1 saturated heterocycles. The number of carbonyl (C=O) groups excluding carboxylic acids is 1. The third-order valence-corrected chi connectivity index (χ3v) is 3.97. The van der Waals surface area contributed by atoms with Gasteiger partial charge in [0.2, 0.25) is 0 Å². The molecular weight excluding hydrogens is 298 g/mol. The first-order valence-electron chi connectivity index (χ1n) is 7.25. The molecule has 7 nitrogen and oxygen atoms in total. The number of carbonyl (C=O) groups is 2. The van der Waals surface area contributed by atoms with Gasteiger partial charge in [-0.1, -0.05) is 30.3 Å². The van der Waals surface area contributed by atoms with Crippen molar-refractivity contribution in [2.75, 3.05) is 13.1 Å². The summed E-state index contributed by atoms with van der Waals surface area (Å²) in [7, 11) is 0. The number of ether oxygens (including phenoxy) is 1. The van der Waals surface area contributed by atoms with Gasteiger partial charge >= 0.3 is 12.1 Å². The molecule has 1 N–H and O–H groups in total. The van der Waals surface area contributed by atoms with Gasteiger partial charge < -0.3 is 19.3 Å². The summed E-state index contributed by atoms with van der Waals surface area (Å²) in [5, 5.41) is 9.12. The standard InChI is InChI=1S/C16H17N3O4/c20-14(21)8-16(19-7-6-17-12-19)10-18(11-16)15(22)23-9-13-4-2-1-3-5-13/h1-7,12H,8-11H2,(H,20,21). The predicted molar refractivity (Wildman–Crippen MR) is 80.7 cm³/mol. The maximum atomic E-state index is 12.1. The molecule has 23 heavy (non-hydrogen) atoms. The Balaban J connectivity index is 1.59. The van der Waals surface area contributed by atoms with E-state index in [-0.39, 0.29) is 13.0 Å². The van der Waals surface area contributed by atoms with Crippen LogP contribution >= 0.6 is 0 Å². The molecule has 1 aromatic heterocycles. The van der Waals surface area contributed by atoms with Crippen LogP contribution in [-0.4, -0.2) is 44.7 Å². The maximum absolute atomic E-state index is 12.1. The van der Waals surface area contributed by atoms with Crippen LogP contribution in [0.5, 0.6) is 0 Å². The highest BCUT2D eigenvalue weighted by Gasteiger charge is 2.48. The van der Waals surface area contributed by atoms with E-state index < -0.39 is 17.6 Å². The van der Waals surface area contributed by atoms with E-state index in [4.69, 9.17) is 9.84 Å². The summed E-state index contributed by atoms with van der Waals surface area (Å²) in [6, 6.07) is 9.41. The molecule has 1 aromatic carbocycles. The van der Waals surface area contributed by atoms with Crippen LogP contribution in [0.15, 0.2) is 49.1 Å². The van der Waals surface area contributed by atoms with Crippen molar-refractivity contribution in [2.45, 2.75) is 18.6 Å². The number of imidazole rings is 1. The van der Waals surface area contributed by atoms with E-state index in [1.165, 1.54) is 4.90 Å². The second-order valence-electron chi connectivity index (χ2n) is 5.66. The van der Waals surface area contributed by atoms with Crippen molar-refractivity contribution in [3.05, 3.63) is 54.6 Å². The number of likely N-dealkylation sites (tertiary alicyclic amines) is 1. The maximum Gasteiger partial charge on any atom is 0.410 e. The van der Waals surface area contributed by atoms with Crippen LogP contribution in [0, 0.1) is 0 Å². The zero-order chi connectivity index (χ0) is 16.3. The highest BCUT2D eigenvalue weighted by molar-refractivity contribution is 5.72. The van der Waals surface area contributed by atoms with Crippen molar-refractivity contribution in [3.63, 3.8) is 0 Å². The smallest absolute Gasteiger partial charge is 0.410 e. The Morgan fingerprint density at radius 2 is 2.00 bits per heavy atom. The SMILES string of the molecule is O=C(O)CC1(n2ccnc2)CN(C(=O)OCc2ccccc2)C1. The van der Waals surface area contributed by atoms with Crippen molar-refractivity contribution < 1.29 is 19.4 Å². The van der Waals surface area contributed by atoms with Crippen LogP contribution < -0.4 is 0 Å². The Morgan fingerprint density at radius 3 is 2.61 bits per heavy atom. The minimum absolute atomic E-state index is 0.0637. The normalized spacial score (nSPS) is 15.7. The van der Waals surface area contributed by atoms with Gasteiger partial charge in [-0.15, -0.1) is 0 Å². The zero-order valence-corrected chi connectivity index (χ0v) is 12.5. The molecule has 1 amide bonds. The quantitative estimate of drug-likeness (QED) is 0.908. The summed E-state index contributed by atoms with van der Waals surface area (Å²) >= 11 is 0.